The van der Waals surface area contributed by atoms with Crippen molar-refractivity contribution in [1.29, 1.82) is 0 Å². The first-order chi connectivity index (χ1) is 31.3. The standard InChI is InChI=1S/C62H45NO/c1-61(2)54-24-14-12-20-46(54)48-32-30-41(36-56(48)61)63(42-31-33-49-47-21-13-15-25-55(47)62(3,4)57(49)37-42)43-34-52(40-28-26-39(27-29-40)38-16-6-5-7-17-38)59-53(35-43)58-50-22-10-8-18-44(50)45-19-9-11-23-51(45)60(58)64-59/h5-37H,1-4H3. The summed E-state index contributed by atoms with van der Waals surface area (Å²) >= 11 is 0. The topological polar surface area (TPSA) is 16.4 Å². The number of benzene rings is 10. The molecule has 0 radical (unpaired) electrons. The van der Waals surface area contributed by atoms with Crippen LogP contribution in [0.25, 0.3) is 88.0 Å². The summed E-state index contributed by atoms with van der Waals surface area (Å²) in [5, 5.41) is 6.98. The van der Waals surface area contributed by atoms with Crippen molar-refractivity contribution in [2.45, 2.75) is 38.5 Å². The smallest absolute Gasteiger partial charge is 0.143 e. The quantitative estimate of drug-likeness (QED) is 0.161. The van der Waals surface area contributed by atoms with Gasteiger partial charge in [-0.2, -0.15) is 0 Å². The number of hydrogen-bond donors (Lipinski definition) is 0. The lowest BCUT2D eigenvalue weighted by Gasteiger charge is -2.30. The molecule has 2 aliphatic carbocycles. The Kier molecular flexibility index (Phi) is 7.74. The second-order valence-electron chi connectivity index (χ2n) is 18.8. The van der Waals surface area contributed by atoms with Gasteiger partial charge in [0.1, 0.15) is 11.2 Å². The number of hydrogen-bond acceptors (Lipinski definition) is 2. The van der Waals surface area contributed by atoms with Gasteiger partial charge in [-0.1, -0.05) is 191 Å². The Morgan fingerprint density at radius 3 is 1.39 bits per heavy atom. The van der Waals surface area contributed by atoms with Gasteiger partial charge in [-0.3, -0.25) is 0 Å². The zero-order valence-corrected chi connectivity index (χ0v) is 36.4. The maximum atomic E-state index is 7.25. The van der Waals surface area contributed by atoms with Crippen molar-refractivity contribution in [3.05, 3.63) is 222 Å². The van der Waals surface area contributed by atoms with Crippen LogP contribution >= 0.6 is 0 Å². The Bertz CT molecular complexity index is 3610. The maximum Gasteiger partial charge on any atom is 0.143 e. The van der Waals surface area contributed by atoms with Crippen molar-refractivity contribution in [2.24, 2.45) is 0 Å². The first-order valence-corrected chi connectivity index (χ1v) is 22.5. The lowest BCUT2D eigenvalue weighted by Crippen LogP contribution is -2.18. The fraction of sp³-hybridized carbons (Fsp3) is 0.0968. The third kappa shape index (κ3) is 5.20. The van der Waals surface area contributed by atoms with Gasteiger partial charge in [-0.05, 0) is 114 Å². The second-order valence-corrected chi connectivity index (χ2v) is 18.8. The normalized spacial score (nSPS) is 14.2. The van der Waals surface area contributed by atoms with E-state index in [0.29, 0.717) is 0 Å². The molecule has 2 nitrogen and oxygen atoms in total. The van der Waals surface area contributed by atoms with Gasteiger partial charge < -0.3 is 9.32 Å². The van der Waals surface area contributed by atoms with Crippen LogP contribution in [-0.4, -0.2) is 0 Å². The van der Waals surface area contributed by atoms with E-state index in [0.717, 1.165) is 55.5 Å². The molecule has 0 saturated heterocycles. The minimum absolute atomic E-state index is 0.161. The lowest BCUT2D eigenvalue weighted by atomic mass is 9.82. The maximum absolute atomic E-state index is 7.25. The molecule has 2 heteroatoms. The lowest BCUT2D eigenvalue weighted by molar-refractivity contribution is 0.660. The van der Waals surface area contributed by atoms with Crippen LogP contribution in [0.4, 0.5) is 17.1 Å². The molecule has 0 spiro atoms. The van der Waals surface area contributed by atoms with Gasteiger partial charge in [0.2, 0.25) is 0 Å². The monoisotopic (exact) mass is 819 g/mol. The van der Waals surface area contributed by atoms with E-state index in [1.807, 2.05) is 0 Å². The van der Waals surface area contributed by atoms with Crippen LogP contribution in [0.15, 0.2) is 205 Å². The Morgan fingerprint density at radius 1 is 0.312 bits per heavy atom. The number of furan rings is 1. The molecule has 10 aromatic carbocycles. The number of fused-ring (bicyclic) bond motifs is 14. The number of rotatable bonds is 5. The van der Waals surface area contributed by atoms with E-state index in [2.05, 4.69) is 233 Å². The average molecular weight is 820 g/mol. The van der Waals surface area contributed by atoms with E-state index in [9.17, 15) is 0 Å². The first-order valence-electron chi connectivity index (χ1n) is 22.5. The summed E-state index contributed by atoms with van der Waals surface area (Å²) in [4.78, 5) is 2.50. The van der Waals surface area contributed by atoms with Gasteiger partial charge in [0, 0.05) is 49.6 Å². The molecule has 0 fully saturated rings. The molecule has 64 heavy (non-hydrogen) atoms. The summed E-state index contributed by atoms with van der Waals surface area (Å²) in [6.45, 7) is 9.49. The molecule has 0 saturated carbocycles. The highest BCUT2D eigenvalue weighted by molar-refractivity contribution is 6.31. The summed E-state index contributed by atoms with van der Waals surface area (Å²) < 4.78 is 7.25. The molecular formula is C62H45NO. The molecule has 0 unspecified atom stereocenters. The van der Waals surface area contributed by atoms with Crippen LogP contribution in [0.3, 0.4) is 0 Å². The summed E-state index contributed by atoms with van der Waals surface area (Å²) in [5.41, 5.74) is 20.1. The highest BCUT2D eigenvalue weighted by Crippen LogP contribution is 2.54. The predicted octanol–water partition coefficient (Wildman–Crippen LogP) is 17.3. The van der Waals surface area contributed by atoms with Gasteiger partial charge in [-0.25, -0.2) is 0 Å². The van der Waals surface area contributed by atoms with Crippen LogP contribution in [-0.2, 0) is 10.8 Å². The molecule has 11 aromatic rings. The molecule has 13 rings (SSSR count). The van der Waals surface area contributed by atoms with Crippen LogP contribution in [0.2, 0.25) is 0 Å². The molecule has 0 atom stereocenters. The van der Waals surface area contributed by atoms with Crippen molar-refractivity contribution in [3.8, 4) is 44.5 Å². The Balaban J connectivity index is 1.12. The van der Waals surface area contributed by atoms with Crippen molar-refractivity contribution in [2.75, 3.05) is 4.90 Å². The van der Waals surface area contributed by atoms with Gasteiger partial charge in [-0.15, -0.1) is 0 Å². The SMILES string of the molecule is CC1(C)c2ccccc2-c2ccc(N(c3ccc4c(c3)C(C)(C)c3ccccc3-4)c3cc(-c4ccc(-c5ccccc5)cc4)c4oc5c6ccccc6c6ccccc6c5c4c3)cc21. The van der Waals surface area contributed by atoms with Crippen LogP contribution in [0, 0.1) is 0 Å². The summed E-state index contributed by atoms with van der Waals surface area (Å²) in [6, 6.07) is 74.0. The van der Waals surface area contributed by atoms with E-state index in [1.54, 1.807) is 0 Å². The van der Waals surface area contributed by atoms with Crippen molar-refractivity contribution >= 4 is 60.5 Å². The molecule has 304 valence electrons. The third-order valence-corrected chi connectivity index (χ3v) is 14.6. The van der Waals surface area contributed by atoms with Gasteiger partial charge in [0.05, 0.1) is 0 Å². The zero-order valence-electron chi connectivity index (χ0n) is 36.4. The van der Waals surface area contributed by atoms with E-state index in [1.165, 1.54) is 71.8 Å². The predicted molar refractivity (Wildman–Crippen MR) is 269 cm³/mol. The summed E-state index contributed by atoms with van der Waals surface area (Å²) in [6.07, 6.45) is 0. The Morgan fingerprint density at radius 2 is 0.781 bits per heavy atom. The molecule has 0 bridgehead atoms. The third-order valence-electron chi connectivity index (χ3n) is 14.6. The van der Waals surface area contributed by atoms with Gasteiger partial charge >= 0.3 is 0 Å². The van der Waals surface area contributed by atoms with Crippen LogP contribution in [0.1, 0.15) is 49.9 Å². The molecule has 0 amide bonds. The summed E-state index contributed by atoms with van der Waals surface area (Å²) in [7, 11) is 0. The molecule has 0 N–H and O–H groups in total. The zero-order chi connectivity index (χ0) is 42.9. The molecule has 1 aromatic heterocycles. The molecule has 2 aliphatic rings. The summed E-state index contributed by atoms with van der Waals surface area (Å²) in [5.74, 6) is 0. The second kappa shape index (κ2) is 13.4. The Labute approximate surface area is 373 Å². The van der Waals surface area contributed by atoms with Gasteiger partial charge in [0.25, 0.3) is 0 Å². The highest BCUT2D eigenvalue weighted by atomic mass is 16.3. The van der Waals surface area contributed by atoms with Crippen LogP contribution < -0.4 is 4.90 Å². The van der Waals surface area contributed by atoms with E-state index in [4.69, 9.17) is 4.42 Å². The van der Waals surface area contributed by atoms with Crippen LogP contribution in [0.5, 0.6) is 0 Å². The fourth-order valence-corrected chi connectivity index (χ4v) is 11.4. The van der Waals surface area contributed by atoms with E-state index in [-0.39, 0.29) is 10.8 Å². The Hall–Kier alpha value is -7.68. The number of anilines is 3. The average Bonchev–Trinajstić information content (AvgIpc) is 3.92. The molecular weight excluding hydrogens is 775 g/mol. The largest absolute Gasteiger partial charge is 0.455 e. The fourth-order valence-electron chi connectivity index (χ4n) is 11.4. The van der Waals surface area contributed by atoms with Crippen molar-refractivity contribution < 1.29 is 4.42 Å². The minimum atomic E-state index is -0.161. The van der Waals surface area contributed by atoms with Crippen molar-refractivity contribution in [1.82, 2.24) is 0 Å². The van der Waals surface area contributed by atoms with Crippen molar-refractivity contribution in [3.63, 3.8) is 0 Å². The molecule has 0 aliphatic heterocycles. The highest BCUT2D eigenvalue weighted by Gasteiger charge is 2.38. The minimum Gasteiger partial charge on any atom is -0.455 e. The first kappa shape index (κ1) is 36.9. The van der Waals surface area contributed by atoms with Gasteiger partial charge in [0.15, 0.2) is 0 Å². The number of nitrogens with zero attached hydrogens (tertiary/aromatic N) is 1. The van der Waals surface area contributed by atoms with E-state index < -0.39 is 0 Å². The molecule has 1 heterocycles. The van der Waals surface area contributed by atoms with E-state index >= 15 is 0 Å².